The minimum atomic E-state index is -2.61. The van der Waals surface area contributed by atoms with Crippen LogP contribution in [-0.2, 0) is 47.7 Å². The number of esters is 1. The van der Waals surface area contributed by atoms with E-state index in [1.165, 1.54) is 7.11 Å². The van der Waals surface area contributed by atoms with E-state index in [0.717, 1.165) is 4.90 Å². The van der Waals surface area contributed by atoms with Crippen LogP contribution in [0.25, 0.3) is 0 Å². The lowest BCUT2D eigenvalue weighted by Gasteiger charge is -2.43. The lowest BCUT2D eigenvalue weighted by atomic mass is 9.78. The van der Waals surface area contributed by atoms with Crippen molar-refractivity contribution in [3.63, 3.8) is 0 Å². The number of nitrogens with zero attached hydrogens (tertiary/aromatic N) is 1. The Labute approximate surface area is 444 Å². The third-order valence-electron chi connectivity index (χ3n) is 16.2. The number of hydrogen-bond donors (Lipinski definition) is 7. The number of carbonyl (C=O) groups is 5. The number of aliphatic hydroxyl groups is 7. The molecular weight excluding hydrogens is 971 g/mol. The monoisotopic (exact) mass is 1060 g/mol. The van der Waals surface area contributed by atoms with E-state index >= 15 is 0 Å². The quantitative estimate of drug-likeness (QED) is 0.0810. The number of cyclic esters (lactones) is 1. The molecule has 0 aromatic rings. The standard InChI is InChI=1S/C57H91NO17/c1-11-42(59)51(65)52(66)45(62)31-73-46-29-40-22-20-38(8)57(70,75-40)54(67)55(68)58-24-16-15-19-41(58)56(69)74-47(35(5)27-39-21-23-43(60)48(28-39)71-9)30-44(61)34(4)26-37(7)50(64)53(72-10)49(63)36(6)25-32(2)17-13-12-14-18-33(46)3/h12-14,17-18,26,32,34-36,38-43,45-48,50-53,59-60,62,64-66,70H,11,15-16,19-25,27-31H2,1-10H3/b14-12+,17-13+,33-18+,37-26+/t32-,34-,35-,36-,38-,39+,40+,41+,42?,43-,45?,46+,47+,48-,50-,51?,52?,53?,57-/m1/s1. The zero-order valence-electron chi connectivity index (χ0n) is 46.1. The van der Waals surface area contributed by atoms with Gasteiger partial charge in [0.05, 0.1) is 37.1 Å². The maximum absolute atomic E-state index is 14.5. The van der Waals surface area contributed by atoms with E-state index in [9.17, 15) is 59.7 Å². The van der Waals surface area contributed by atoms with Crippen LogP contribution in [0.5, 0.6) is 0 Å². The highest BCUT2D eigenvalue weighted by molar-refractivity contribution is 6.39. The fourth-order valence-corrected chi connectivity index (χ4v) is 11.0. The van der Waals surface area contributed by atoms with Crippen molar-refractivity contribution in [2.24, 2.45) is 35.5 Å². The van der Waals surface area contributed by atoms with Crippen LogP contribution in [0.3, 0.4) is 0 Å². The van der Waals surface area contributed by atoms with Crippen LogP contribution >= 0.6 is 0 Å². The molecule has 4 aliphatic rings. The summed E-state index contributed by atoms with van der Waals surface area (Å²) in [6.45, 7) is 13.4. The fraction of sp³-hybridized carbons (Fsp3) is 0.772. The summed E-state index contributed by atoms with van der Waals surface area (Å²) in [6.07, 6.45) is 2.33. The van der Waals surface area contributed by atoms with Crippen LogP contribution < -0.4 is 0 Å². The second-order valence-electron chi connectivity index (χ2n) is 22.2. The number of ether oxygens (including phenoxy) is 5. The number of aliphatic hydroxyl groups excluding tert-OH is 6. The highest BCUT2D eigenvalue weighted by Crippen LogP contribution is 2.38. The van der Waals surface area contributed by atoms with E-state index < -0.39 is 121 Å². The van der Waals surface area contributed by atoms with Gasteiger partial charge in [0.25, 0.3) is 11.7 Å². The molecule has 0 spiro atoms. The first-order chi connectivity index (χ1) is 35.4. The predicted molar refractivity (Wildman–Crippen MR) is 278 cm³/mol. The van der Waals surface area contributed by atoms with E-state index in [4.69, 9.17) is 23.7 Å². The van der Waals surface area contributed by atoms with Crippen LogP contribution in [0.15, 0.2) is 47.6 Å². The Morgan fingerprint density at radius 1 is 0.827 bits per heavy atom. The van der Waals surface area contributed by atoms with E-state index in [1.807, 2.05) is 26.0 Å². The number of allylic oxidation sites excluding steroid dienone is 6. The highest BCUT2D eigenvalue weighted by atomic mass is 16.6. The lowest BCUT2D eigenvalue weighted by Crippen LogP contribution is -2.61. The first-order valence-electron chi connectivity index (χ1n) is 27.4. The largest absolute Gasteiger partial charge is 0.460 e. The van der Waals surface area contributed by atoms with Crippen molar-refractivity contribution in [3.05, 3.63) is 47.6 Å². The topological polar surface area (TPSA) is 276 Å². The Kier molecular flexibility index (Phi) is 25.6. The molecule has 19 atom stereocenters. The average molecular weight is 1060 g/mol. The molecule has 18 nitrogen and oxygen atoms in total. The molecule has 4 rings (SSSR count). The first kappa shape index (κ1) is 64.0. The SMILES string of the molecule is CCC(O)C(O)C(O)C(O)CO[C@H]1C[C@@H]2CC[C@@H](C)[C@@](O)(O2)C(=O)C(=O)N2CCCC[C@H]2C(=O)O[C@H]([C@H](C)C[C@@H]2CC[C@@H](O)[C@H](OC)C2)CC(=O)[C@H](C)/C=C(\C)[C@@H](O)C(OC)C(=O)[C@H](C)C[C@H](C)/C=C/C=C/C=C/1C. The number of carbonyl (C=O) groups excluding carboxylic acids is 5. The minimum absolute atomic E-state index is 0.00699. The van der Waals surface area contributed by atoms with Crippen molar-refractivity contribution in [1.82, 2.24) is 4.90 Å². The molecule has 7 N–H and O–H groups in total. The van der Waals surface area contributed by atoms with E-state index in [0.29, 0.717) is 62.5 Å². The number of piperidine rings is 1. The average Bonchev–Trinajstić information content (AvgIpc) is 3.39. The molecule has 0 aromatic carbocycles. The number of ketones is 3. The van der Waals surface area contributed by atoms with Crippen molar-refractivity contribution < 1.29 is 83.4 Å². The summed E-state index contributed by atoms with van der Waals surface area (Å²) in [6, 6.07) is -1.23. The van der Waals surface area contributed by atoms with E-state index in [2.05, 4.69) is 0 Å². The smallest absolute Gasteiger partial charge is 0.329 e. The van der Waals surface area contributed by atoms with Gasteiger partial charge >= 0.3 is 5.97 Å². The third-order valence-corrected chi connectivity index (χ3v) is 16.2. The van der Waals surface area contributed by atoms with Gasteiger partial charge in [0, 0.05) is 51.4 Å². The molecule has 3 heterocycles. The van der Waals surface area contributed by atoms with Crippen molar-refractivity contribution >= 4 is 29.2 Å². The molecule has 0 aromatic heterocycles. The van der Waals surface area contributed by atoms with Gasteiger partial charge in [-0.05, 0) is 113 Å². The molecule has 3 aliphatic heterocycles. The maximum Gasteiger partial charge on any atom is 0.329 e. The third kappa shape index (κ3) is 17.5. The maximum atomic E-state index is 14.5. The van der Waals surface area contributed by atoms with Crippen molar-refractivity contribution in [2.45, 2.75) is 218 Å². The summed E-state index contributed by atoms with van der Waals surface area (Å²) >= 11 is 0. The van der Waals surface area contributed by atoms with Crippen LogP contribution in [0, 0.1) is 35.5 Å². The fourth-order valence-electron chi connectivity index (χ4n) is 11.0. The summed E-state index contributed by atoms with van der Waals surface area (Å²) in [5.74, 6) is -8.98. The zero-order chi connectivity index (χ0) is 55.9. The second-order valence-corrected chi connectivity index (χ2v) is 22.2. The Balaban J connectivity index is 1.73. The zero-order valence-corrected chi connectivity index (χ0v) is 46.1. The van der Waals surface area contributed by atoms with E-state index in [-0.39, 0.29) is 68.2 Å². The van der Waals surface area contributed by atoms with Gasteiger partial charge < -0.3 is 64.3 Å². The number of hydrogen-bond acceptors (Lipinski definition) is 17. The molecule has 2 bridgehead atoms. The molecule has 1 amide bonds. The molecule has 0 radical (unpaired) electrons. The molecule has 2 saturated heterocycles. The normalized spacial score (nSPS) is 38.4. The molecule has 426 valence electrons. The van der Waals surface area contributed by atoms with Crippen LogP contribution in [0.4, 0.5) is 0 Å². The highest BCUT2D eigenvalue weighted by Gasteiger charge is 2.53. The summed E-state index contributed by atoms with van der Waals surface area (Å²) in [4.78, 5) is 72.6. The molecule has 75 heavy (non-hydrogen) atoms. The minimum Gasteiger partial charge on any atom is -0.460 e. The Bertz CT molecular complexity index is 2000. The Morgan fingerprint density at radius 3 is 2.19 bits per heavy atom. The molecule has 1 aliphatic carbocycles. The number of fused-ring (bicyclic) bond motifs is 3. The summed E-state index contributed by atoms with van der Waals surface area (Å²) in [7, 11) is 2.89. The lowest BCUT2D eigenvalue weighted by molar-refractivity contribution is -0.266. The predicted octanol–water partition coefficient (Wildman–Crippen LogP) is 4.40. The van der Waals surface area contributed by atoms with Gasteiger partial charge in [-0.15, -0.1) is 0 Å². The molecular formula is C57H91NO17. The Hall–Kier alpha value is -3.53. The number of rotatable bonds is 12. The molecule has 5 unspecified atom stereocenters. The van der Waals surface area contributed by atoms with Gasteiger partial charge in [0.2, 0.25) is 5.79 Å². The van der Waals surface area contributed by atoms with Gasteiger partial charge in [-0.25, -0.2) is 4.79 Å². The number of Topliss-reactive ketones (excluding diaryl/α,β-unsaturated/α-hetero) is 3. The second kappa shape index (κ2) is 30.0. The summed E-state index contributed by atoms with van der Waals surface area (Å²) < 4.78 is 29.8. The van der Waals surface area contributed by atoms with Crippen molar-refractivity contribution in [1.29, 1.82) is 0 Å². The first-order valence-corrected chi connectivity index (χ1v) is 27.4. The van der Waals surface area contributed by atoms with Gasteiger partial charge in [0.1, 0.15) is 48.4 Å². The van der Waals surface area contributed by atoms with Gasteiger partial charge in [-0.3, -0.25) is 19.2 Å². The van der Waals surface area contributed by atoms with E-state index in [1.54, 1.807) is 73.0 Å². The number of methoxy groups -OCH3 is 2. The molecule has 3 fully saturated rings. The van der Waals surface area contributed by atoms with Gasteiger partial charge in [0.15, 0.2) is 5.78 Å². The number of amides is 1. The van der Waals surface area contributed by atoms with Crippen LogP contribution in [0.2, 0.25) is 0 Å². The van der Waals surface area contributed by atoms with Crippen molar-refractivity contribution in [3.8, 4) is 0 Å². The van der Waals surface area contributed by atoms with Crippen molar-refractivity contribution in [2.75, 3.05) is 27.4 Å². The summed E-state index contributed by atoms with van der Waals surface area (Å²) in [5, 5.41) is 76.2. The summed E-state index contributed by atoms with van der Waals surface area (Å²) in [5.41, 5.74) is 0.961. The van der Waals surface area contributed by atoms with Gasteiger partial charge in [-0.2, -0.15) is 0 Å². The molecule has 1 saturated carbocycles. The molecule has 18 heteroatoms. The Morgan fingerprint density at radius 2 is 1.52 bits per heavy atom. The van der Waals surface area contributed by atoms with Gasteiger partial charge in [-0.1, -0.05) is 78.0 Å². The van der Waals surface area contributed by atoms with Crippen LogP contribution in [0.1, 0.15) is 139 Å². The van der Waals surface area contributed by atoms with Crippen LogP contribution in [-0.4, -0.2) is 176 Å².